The molecule has 0 atom stereocenters. The number of ether oxygens (including phenoxy) is 1. The number of aryl methyl sites for hydroxylation is 2. The Balaban J connectivity index is 1.56. The number of hydrogen-bond donors (Lipinski definition) is 2. The number of amides is 1. The Morgan fingerprint density at radius 2 is 1.82 bits per heavy atom. The zero-order valence-electron chi connectivity index (χ0n) is 20.2. The number of fused-ring (bicyclic) bond motifs is 1. The van der Waals surface area contributed by atoms with Gasteiger partial charge in [0.25, 0.3) is 0 Å². The van der Waals surface area contributed by atoms with Gasteiger partial charge in [0.1, 0.15) is 22.4 Å². The van der Waals surface area contributed by atoms with E-state index in [-0.39, 0.29) is 11.5 Å². The Morgan fingerprint density at radius 3 is 2.47 bits per heavy atom. The minimum absolute atomic E-state index is 0.0654. The predicted molar refractivity (Wildman–Crippen MR) is 146 cm³/mol. The van der Waals surface area contributed by atoms with Gasteiger partial charge in [0.05, 0.1) is 21.0 Å². The molecular weight excluding hydrogens is 533 g/mol. The Kier molecular flexibility index (Phi) is 8.24. The molecule has 2 N–H and O–H groups in total. The van der Waals surface area contributed by atoms with Crippen molar-refractivity contribution in [3.8, 4) is 11.8 Å². The van der Waals surface area contributed by atoms with Crippen LogP contribution in [-0.4, -0.2) is 23.0 Å². The molecule has 1 amide bonds. The zero-order chi connectivity index (χ0) is 27.3. The van der Waals surface area contributed by atoms with Crippen molar-refractivity contribution in [3.63, 3.8) is 0 Å². The van der Waals surface area contributed by atoms with Crippen LogP contribution in [-0.2, 0) is 4.79 Å². The maximum atomic E-state index is 12.7. The standard InChI is InChI=1S/C27H21F3N4O2S2/c1-16-7-12-21(17(2)13-16)33-25(20(14-31)26-34-22-5-3-4-6-23(22)38-26)37-15-24(35)32-18-8-10-19(11-9-18)36-27(28,29)30/h3-13,33H,15H2,1-2H3,(H,32,35). The van der Waals surface area contributed by atoms with Crippen LogP contribution in [0.15, 0.2) is 71.8 Å². The molecule has 194 valence electrons. The molecule has 0 aliphatic rings. The molecule has 4 aromatic rings. The first-order valence-corrected chi connectivity index (χ1v) is 13.0. The van der Waals surface area contributed by atoms with Gasteiger partial charge in [-0.05, 0) is 61.9 Å². The number of aromatic nitrogens is 1. The van der Waals surface area contributed by atoms with Gasteiger partial charge in [-0.2, -0.15) is 5.26 Å². The summed E-state index contributed by atoms with van der Waals surface area (Å²) in [4.78, 5) is 17.3. The number of anilines is 2. The molecule has 4 rings (SSSR count). The molecule has 0 saturated carbocycles. The summed E-state index contributed by atoms with van der Waals surface area (Å²) in [5.74, 6) is -0.854. The van der Waals surface area contributed by atoms with Crippen LogP contribution in [0.5, 0.6) is 5.75 Å². The number of para-hydroxylation sites is 1. The van der Waals surface area contributed by atoms with Gasteiger partial charge in [-0.1, -0.05) is 41.6 Å². The van der Waals surface area contributed by atoms with Crippen LogP contribution in [0.3, 0.4) is 0 Å². The van der Waals surface area contributed by atoms with Crippen molar-refractivity contribution in [2.24, 2.45) is 0 Å². The van der Waals surface area contributed by atoms with Crippen LogP contribution >= 0.6 is 23.1 Å². The molecule has 0 unspecified atom stereocenters. The molecule has 0 radical (unpaired) electrons. The molecule has 1 heterocycles. The van der Waals surface area contributed by atoms with E-state index < -0.39 is 12.3 Å². The summed E-state index contributed by atoms with van der Waals surface area (Å²) >= 11 is 2.51. The van der Waals surface area contributed by atoms with Gasteiger partial charge >= 0.3 is 6.36 Å². The fraction of sp³-hybridized carbons (Fsp3) is 0.148. The number of thioether (sulfide) groups is 1. The second-order valence-corrected chi connectivity index (χ2v) is 10.2. The summed E-state index contributed by atoms with van der Waals surface area (Å²) in [6, 6.07) is 20.5. The maximum absolute atomic E-state index is 12.7. The lowest BCUT2D eigenvalue weighted by molar-refractivity contribution is -0.274. The van der Waals surface area contributed by atoms with E-state index in [4.69, 9.17) is 0 Å². The number of halogens is 3. The van der Waals surface area contributed by atoms with E-state index in [0.29, 0.717) is 21.3 Å². The van der Waals surface area contributed by atoms with Crippen molar-refractivity contribution in [3.05, 3.63) is 87.9 Å². The number of hydrogen-bond acceptors (Lipinski definition) is 7. The normalized spacial score (nSPS) is 12.0. The summed E-state index contributed by atoms with van der Waals surface area (Å²) in [6.45, 7) is 3.93. The van der Waals surface area contributed by atoms with Crippen molar-refractivity contribution in [2.75, 3.05) is 16.4 Å². The van der Waals surface area contributed by atoms with Crippen LogP contribution in [0.4, 0.5) is 24.5 Å². The molecule has 0 saturated heterocycles. The van der Waals surface area contributed by atoms with Crippen molar-refractivity contribution < 1.29 is 22.7 Å². The van der Waals surface area contributed by atoms with E-state index in [1.54, 1.807) is 0 Å². The number of nitrogens with one attached hydrogen (secondary N) is 2. The van der Waals surface area contributed by atoms with Gasteiger partial charge in [-0.25, -0.2) is 4.98 Å². The molecule has 11 heteroatoms. The summed E-state index contributed by atoms with van der Waals surface area (Å²) in [7, 11) is 0. The van der Waals surface area contributed by atoms with Crippen molar-refractivity contribution in [1.82, 2.24) is 4.98 Å². The van der Waals surface area contributed by atoms with Gasteiger partial charge in [-0.3, -0.25) is 4.79 Å². The largest absolute Gasteiger partial charge is 0.573 e. The van der Waals surface area contributed by atoms with Crippen LogP contribution in [0.2, 0.25) is 0 Å². The Hall–Kier alpha value is -4.01. The highest BCUT2D eigenvalue weighted by Gasteiger charge is 2.31. The second kappa shape index (κ2) is 11.6. The number of thiazole rings is 1. The summed E-state index contributed by atoms with van der Waals surface area (Å²) < 4.78 is 41.9. The molecule has 0 spiro atoms. The quantitative estimate of drug-likeness (QED) is 0.220. The zero-order valence-corrected chi connectivity index (χ0v) is 21.9. The number of carbonyl (C=O) groups is 1. The highest BCUT2D eigenvalue weighted by Crippen LogP contribution is 2.34. The summed E-state index contributed by atoms with van der Waals surface area (Å²) in [6.07, 6.45) is -4.80. The molecule has 3 aromatic carbocycles. The maximum Gasteiger partial charge on any atom is 0.573 e. The first-order chi connectivity index (χ1) is 18.1. The van der Waals surface area contributed by atoms with Gasteiger partial charge in [0.2, 0.25) is 5.91 Å². The Morgan fingerprint density at radius 1 is 1.08 bits per heavy atom. The number of allylic oxidation sites excluding steroid dienone is 1. The molecule has 1 aromatic heterocycles. The lowest BCUT2D eigenvalue weighted by Gasteiger charge is -2.15. The van der Waals surface area contributed by atoms with Gasteiger partial charge in [-0.15, -0.1) is 24.5 Å². The minimum Gasteiger partial charge on any atom is -0.406 e. The number of carbonyl (C=O) groups excluding carboxylic acids is 1. The third kappa shape index (κ3) is 7.06. The van der Waals surface area contributed by atoms with E-state index in [1.807, 2.05) is 56.3 Å². The molecule has 0 aliphatic carbocycles. The fourth-order valence-electron chi connectivity index (χ4n) is 3.50. The molecular formula is C27H21F3N4O2S2. The Labute approximate surface area is 225 Å². The number of alkyl halides is 3. The lowest BCUT2D eigenvalue weighted by atomic mass is 10.1. The van der Waals surface area contributed by atoms with Crippen LogP contribution in [0.25, 0.3) is 15.8 Å². The van der Waals surface area contributed by atoms with Crippen LogP contribution < -0.4 is 15.4 Å². The van der Waals surface area contributed by atoms with Crippen molar-refractivity contribution in [1.29, 1.82) is 5.26 Å². The van der Waals surface area contributed by atoms with Gasteiger partial charge in [0.15, 0.2) is 0 Å². The number of rotatable bonds is 8. The topological polar surface area (TPSA) is 87.0 Å². The third-order valence-corrected chi connectivity index (χ3v) is 7.25. The average Bonchev–Trinajstić information content (AvgIpc) is 3.28. The van der Waals surface area contributed by atoms with Crippen LogP contribution in [0.1, 0.15) is 16.1 Å². The first kappa shape index (κ1) is 27.0. The molecule has 38 heavy (non-hydrogen) atoms. The molecule has 6 nitrogen and oxygen atoms in total. The lowest BCUT2D eigenvalue weighted by Crippen LogP contribution is -2.17. The predicted octanol–water partition coefficient (Wildman–Crippen LogP) is 7.49. The van der Waals surface area contributed by atoms with Gasteiger partial charge < -0.3 is 15.4 Å². The molecule has 0 aliphatic heterocycles. The highest BCUT2D eigenvalue weighted by molar-refractivity contribution is 8.04. The van der Waals surface area contributed by atoms with E-state index in [2.05, 4.69) is 26.4 Å². The van der Waals surface area contributed by atoms with Crippen molar-refractivity contribution in [2.45, 2.75) is 20.2 Å². The Bertz CT molecular complexity index is 1510. The smallest absolute Gasteiger partial charge is 0.406 e. The number of nitrogens with zero attached hydrogens (tertiary/aromatic N) is 2. The molecule has 0 bridgehead atoms. The summed E-state index contributed by atoms with van der Waals surface area (Å²) in [5, 5.41) is 17.0. The SMILES string of the molecule is Cc1ccc(NC(SCC(=O)Nc2ccc(OC(F)(F)F)cc2)=C(C#N)c2nc3ccccc3s2)c(C)c1. The van der Waals surface area contributed by atoms with Gasteiger partial charge in [0, 0.05) is 11.4 Å². The minimum atomic E-state index is -4.80. The number of benzene rings is 3. The van der Waals surface area contributed by atoms with E-state index in [9.17, 15) is 23.2 Å². The van der Waals surface area contributed by atoms with Crippen molar-refractivity contribution >= 4 is 56.2 Å². The second-order valence-electron chi connectivity index (χ2n) is 8.16. The van der Waals surface area contributed by atoms with Crippen LogP contribution in [0, 0.1) is 25.2 Å². The first-order valence-electron chi connectivity index (χ1n) is 11.2. The fourth-order valence-corrected chi connectivity index (χ4v) is 5.34. The average molecular weight is 555 g/mol. The summed E-state index contributed by atoms with van der Waals surface area (Å²) in [5.41, 5.74) is 4.22. The highest BCUT2D eigenvalue weighted by atomic mass is 32.2. The third-order valence-electron chi connectivity index (χ3n) is 5.20. The number of nitriles is 1. The van der Waals surface area contributed by atoms with E-state index >= 15 is 0 Å². The van der Waals surface area contributed by atoms with E-state index in [1.165, 1.54) is 23.5 Å². The monoisotopic (exact) mass is 554 g/mol. The molecule has 0 fully saturated rings. The van der Waals surface area contributed by atoms with E-state index in [0.717, 1.165) is 50.9 Å².